The molecule has 0 spiro atoms. The summed E-state index contributed by atoms with van der Waals surface area (Å²) < 4.78 is 6.84. The second-order valence-electron chi connectivity index (χ2n) is 4.90. The fraction of sp³-hybridized carbons (Fsp3) is 0.176. The molecule has 0 saturated carbocycles. The number of carbonyl (C=O) groups excluding carboxylic acids is 1. The molecular formula is C17H15NO3. The van der Waals surface area contributed by atoms with Gasteiger partial charge in [0.05, 0.1) is 12.1 Å². The van der Waals surface area contributed by atoms with Crippen LogP contribution >= 0.6 is 0 Å². The Hall–Kier alpha value is -2.62. The van der Waals surface area contributed by atoms with Gasteiger partial charge in [-0.3, -0.25) is 9.36 Å². The molecule has 4 heteroatoms. The quantitative estimate of drug-likeness (QED) is 0.690. The van der Waals surface area contributed by atoms with Crippen molar-refractivity contribution >= 4 is 16.9 Å². The fourth-order valence-electron chi connectivity index (χ4n) is 2.36. The van der Waals surface area contributed by atoms with E-state index in [2.05, 4.69) is 0 Å². The van der Waals surface area contributed by atoms with Crippen molar-refractivity contribution in [3.63, 3.8) is 0 Å². The molecule has 21 heavy (non-hydrogen) atoms. The zero-order chi connectivity index (χ0) is 14.8. The summed E-state index contributed by atoms with van der Waals surface area (Å²) in [4.78, 5) is 23.7. The van der Waals surface area contributed by atoms with Crippen LogP contribution in [0.1, 0.15) is 29.3 Å². The first-order chi connectivity index (χ1) is 10.2. The van der Waals surface area contributed by atoms with Gasteiger partial charge in [-0.1, -0.05) is 37.3 Å². The van der Waals surface area contributed by atoms with Crippen molar-refractivity contribution in [1.29, 1.82) is 0 Å². The lowest BCUT2D eigenvalue weighted by molar-refractivity contribution is 0.0988. The monoisotopic (exact) mass is 281 g/mol. The molecule has 106 valence electrons. The molecule has 0 fully saturated rings. The second-order valence-corrected chi connectivity index (χ2v) is 4.90. The van der Waals surface area contributed by atoms with Crippen LogP contribution in [0, 0.1) is 0 Å². The number of ketones is 1. The number of hydrogen-bond donors (Lipinski definition) is 0. The zero-order valence-corrected chi connectivity index (χ0v) is 11.7. The number of rotatable bonds is 4. The maximum absolute atomic E-state index is 12.0. The number of oxazole rings is 1. The van der Waals surface area contributed by atoms with Gasteiger partial charge in [0.2, 0.25) is 0 Å². The van der Waals surface area contributed by atoms with E-state index >= 15 is 0 Å². The van der Waals surface area contributed by atoms with Crippen LogP contribution in [0.5, 0.6) is 0 Å². The van der Waals surface area contributed by atoms with E-state index in [1.165, 1.54) is 0 Å². The highest BCUT2D eigenvalue weighted by Crippen LogP contribution is 2.17. The first-order valence-electron chi connectivity index (χ1n) is 6.89. The number of Topliss-reactive ketones (excluding diaryl/α,β-unsaturated/α-hetero) is 1. The summed E-state index contributed by atoms with van der Waals surface area (Å²) in [6, 6.07) is 14.9. The SMILES string of the molecule is CCC(=O)c1ccc2c(c1)oc(=O)n2Cc1ccccc1. The average Bonchev–Trinajstić information content (AvgIpc) is 2.82. The predicted molar refractivity (Wildman–Crippen MR) is 80.6 cm³/mol. The number of aromatic nitrogens is 1. The number of hydrogen-bond acceptors (Lipinski definition) is 3. The van der Waals surface area contributed by atoms with Crippen molar-refractivity contribution in [3.8, 4) is 0 Å². The van der Waals surface area contributed by atoms with E-state index in [0.717, 1.165) is 5.56 Å². The normalized spacial score (nSPS) is 10.9. The van der Waals surface area contributed by atoms with Crippen molar-refractivity contribution in [1.82, 2.24) is 4.57 Å². The molecule has 0 aliphatic carbocycles. The fourth-order valence-corrected chi connectivity index (χ4v) is 2.36. The molecule has 0 unspecified atom stereocenters. The van der Waals surface area contributed by atoms with Gasteiger partial charge in [0, 0.05) is 12.0 Å². The van der Waals surface area contributed by atoms with Crippen molar-refractivity contribution in [2.75, 3.05) is 0 Å². The summed E-state index contributed by atoms with van der Waals surface area (Å²) in [6.07, 6.45) is 0.431. The van der Waals surface area contributed by atoms with Crippen LogP contribution < -0.4 is 5.76 Å². The molecule has 3 aromatic rings. The van der Waals surface area contributed by atoms with Crippen molar-refractivity contribution in [2.24, 2.45) is 0 Å². The van der Waals surface area contributed by atoms with Gasteiger partial charge in [-0.2, -0.15) is 0 Å². The molecule has 0 aliphatic rings. The van der Waals surface area contributed by atoms with Gasteiger partial charge in [0.15, 0.2) is 11.4 Å². The first kappa shape index (κ1) is 13.4. The highest BCUT2D eigenvalue weighted by molar-refractivity contribution is 5.98. The summed E-state index contributed by atoms with van der Waals surface area (Å²) >= 11 is 0. The maximum Gasteiger partial charge on any atom is 0.420 e. The largest absolute Gasteiger partial charge is 0.420 e. The molecule has 0 atom stereocenters. The molecule has 3 rings (SSSR count). The van der Waals surface area contributed by atoms with Crippen molar-refractivity contribution in [3.05, 3.63) is 70.2 Å². The lowest BCUT2D eigenvalue weighted by atomic mass is 10.1. The summed E-state index contributed by atoms with van der Waals surface area (Å²) in [5.74, 6) is -0.370. The van der Waals surface area contributed by atoms with Crippen LogP contribution in [0.15, 0.2) is 57.7 Å². The van der Waals surface area contributed by atoms with Crippen LogP contribution in [0.25, 0.3) is 11.1 Å². The smallest absolute Gasteiger partial charge is 0.408 e. The Labute approximate surface area is 121 Å². The Bertz CT molecular complexity index is 843. The third-order valence-electron chi connectivity index (χ3n) is 3.49. The average molecular weight is 281 g/mol. The number of nitrogens with zero attached hydrogens (tertiary/aromatic N) is 1. The van der Waals surface area contributed by atoms with E-state index in [1.54, 1.807) is 22.8 Å². The Morgan fingerprint density at radius 1 is 1.14 bits per heavy atom. The van der Waals surface area contributed by atoms with Gasteiger partial charge in [-0.15, -0.1) is 0 Å². The summed E-state index contributed by atoms with van der Waals surface area (Å²) in [7, 11) is 0. The summed E-state index contributed by atoms with van der Waals surface area (Å²) in [5.41, 5.74) is 2.76. The minimum atomic E-state index is -0.407. The molecule has 0 radical (unpaired) electrons. The summed E-state index contributed by atoms with van der Waals surface area (Å²) in [5, 5.41) is 0. The Morgan fingerprint density at radius 3 is 2.62 bits per heavy atom. The Kier molecular flexibility index (Phi) is 3.44. The number of carbonyl (C=O) groups is 1. The lowest BCUT2D eigenvalue weighted by Crippen LogP contribution is -2.14. The topological polar surface area (TPSA) is 52.2 Å². The van der Waals surface area contributed by atoms with Gasteiger partial charge < -0.3 is 4.42 Å². The number of fused-ring (bicyclic) bond motifs is 1. The predicted octanol–water partition coefficient (Wildman–Crippen LogP) is 3.24. The van der Waals surface area contributed by atoms with E-state index in [1.807, 2.05) is 37.3 Å². The van der Waals surface area contributed by atoms with Gasteiger partial charge in [-0.25, -0.2) is 4.79 Å². The minimum Gasteiger partial charge on any atom is -0.408 e. The van der Waals surface area contributed by atoms with E-state index in [9.17, 15) is 9.59 Å². The standard InChI is InChI=1S/C17H15NO3/c1-2-15(19)13-8-9-14-16(10-13)21-17(20)18(14)11-12-6-4-3-5-7-12/h3-10H,2,11H2,1H3. The number of benzene rings is 2. The van der Waals surface area contributed by atoms with Crippen LogP contribution in [-0.4, -0.2) is 10.4 Å². The lowest BCUT2D eigenvalue weighted by Gasteiger charge is -2.03. The maximum atomic E-state index is 12.0. The van der Waals surface area contributed by atoms with Crippen LogP contribution in [0.3, 0.4) is 0 Å². The van der Waals surface area contributed by atoms with Gasteiger partial charge >= 0.3 is 5.76 Å². The Morgan fingerprint density at radius 2 is 1.90 bits per heavy atom. The summed E-state index contributed by atoms with van der Waals surface area (Å²) in [6.45, 7) is 2.26. The molecule has 1 aromatic heterocycles. The molecule has 2 aromatic carbocycles. The van der Waals surface area contributed by atoms with Gasteiger partial charge in [0.1, 0.15) is 0 Å². The van der Waals surface area contributed by atoms with E-state index in [-0.39, 0.29) is 5.78 Å². The second kappa shape index (κ2) is 5.40. The molecule has 1 heterocycles. The molecule has 0 saturated heterocycles. The van der Waals surface area contributed by atoms with Crippen LogP contribution in [-0.2, 0) is 6.54 Å². The van der Waals surface area contributed by atoms with E-state index < -0.39 is 5.76 Å². The first-order valence-corrected chi connectivity index (χ1v) is 6.89. The van der Waals surface area contributed by atoms with E-state index in [4.69, 9.17) is 4.42 Å². The molecule has 0 N–H and O–H groups in total. The third kappa shape index (κ3) is 2.52. The molecule has 4 nitrogen and oxygen atoms in total. The highest BCUT2D eigenvalue weighted by atomic mass is 16.4. The molecule has 0 aliphatic heterocycles. The zero-order valence-electron chi connectivity index (χ0n) is 11.7. The van der Waals surface area contributed by atoms with Gasteiger partial charge in [-0.05, 0) is 23.8 Å². The molecule has 0 bridgehead atoms. The van der Waals surface area contributed by atoms with Gasteiger partial charge in [0.25, 0.3) is 0 Å². The van der Waals surface area contributed by atoms with Crippen molar-refractivity contribution < 1.29 is 9.21 Å². The molecular weight excluding hydrogens is 266 g/mol. The van der Waals surface area contributed by atoms with Crippen LogP contribution in [0.4, 0.5) is 0 Å². The molecule has 0 amide bonds. The Balaban J connectivity index is 2.06. The third-order valence-corrected chi connectivity index (χ3v) is 3.49. The highest BCUT2D eigenvalue weighted by Gasteiger charge is 2.12. The van der Waals surface area contributed by atoms with Crippen molar-refractivity contribution in [2.45, 2.75) is 19.9 Å². The minimum absolute atomic E-state index is 0.0374. The van der Waals surface area contributed by atoms with E-state index in [0.29, 0.717) is 29.6 Å². The van der Waals surface area contributed by atoms with Crippen LogP contribution in [0.2, 0.25) is 0 Å².